The average Bonchev–Trinajstić information content (AvgIpc) is 2.21. The molecule has 0 saturated carbocycles. The molecule has 15 heavy (non-hydrogen) atoms. The maximum Gasteiger partial charge on any atom is 0.130 e. The zero-order chi connectivity index (χ0) is 11.4. The van der Waals surface area contributed by atoms with Gasteiger partial charge in [0, 0.05) is 18.7 Å². The van der Waals surface area contributed by atoms with Crippen molar-refractivity contribution in [2.24, 2.45) is 0 Å². The van der Waals surface area contributed by atoms with E-state index < -0.39 is 11.6 Å². The third-order valence-electron chi connectivity index (χ3n) is 2.45. The van der Waals surface area contributed by atoms with Crippen molar-refractivity contribution in [3.8, 4) is 0 Å². The SMILES string of the molecule is CNC(c1ccc(F)cc1F)C(C)OC. The summed E-state index contributed by atoms with van der Waals surface area (Å²) in [4.78, 5) is 0. The normalized spacial score (nSPS) is 15.0. The third-order valence-corrected chi connectivity index (χ3v) is 2.45. The quantitative estimate of drug-likeness (QED) is 0.831. The molecule has 0 spiro atoms. The topological polar surface area (TPSA) is 21.3 Å². The first-order valence-electron chi connectivity index (χ1n) is 4.75. The number of rotatable bonds is 4. The smallest absolute Gasteiger partial charge is 0.130 e. The largest absolute Gasteiger partial charge is 0.380 e. The Morgan fingerprint density at radius 3 is 2.47 bits per heavy atom. The Balaban J connectivity index is 3.01. The van der Waals surface area contributed by atoms with E-state index in [0.717, 1.165) is 6.07 Å². The van der Waals surface area contributed by atoms with Gasteiger partial charge in [-0.2, -0.15) is 0 Å². The fraction of sp³-hybridized carbons (Fsp3) is 0.455. The van der Waals surface area contributed by atoms with Crippen LogP contribution in [-0.4, -0.2) is 20.3 Å². The summed E-state index contributed by atoms with van der Waals surface area (Å²) >= 11 is 0. The van der Waals surface area contributed by atoms with Crippen molar-refractivity contribution >= 4 is 0 Å². The van der Waals surface area contributed by atoms with E-state index in [1.807, 2.05) is 6.92 Å². The molecule has 0 fully saturated rings. The lowest BCUT2D eigenvalue weighted by Crippen LogP contribution is -2.29. The first kappa shape index (κ1) is 12.1. The van der Waals surface area contributed by atoms with Crippen LogP contribution in [0.4, 0.5) is 8.78 Å². The van der Waals surface area contributed by atoms with E-state index in [4.69, 9.17) is 4.74 Å². The molecule has 1 rings (SSSR count). The second-order valence-electron chi connectivity index (χ2n) is 3.37. The predicted molar refractivity (Wildman–Crippen MR) is 54.6 cm³/mol. The van der Waals surface area contributed by atoms with Crippen LogP contribution in [0.1, 0.15) is 18.5 Å². The number of halogens is 2. The highest BCUT2D eigenvalue weighted by atomic mass is 19.1. The molecular formula is C11H15F2NO. The lowest BCUT2D eigenvalue weighted by atomic mass is 10.0. The zero-order valence-electron chi connectivity index (χ0n) is 9.05. The van der Waals surface area contributed by atoms with Crippen molar-refractivity contribution in [3.63, 3.8) is 0 Å². The lowest BCUT2D eigenvalue weighted by molar-refractivity contribution is 0.0844. The monoisotopic (exact) mass is 215 g/mol. The maximum atomic E-state index is 13.4. The van der Waals surface area contributed by atoms with Gasteiger partial charge in [0.1, 0.15) is 11.6 Å². The van der Waals surface area contributed by atoms with Gasteiger partial charge < -0.3 is 10.1 Å². The van der Waals surface area contributed by atoms with Crippen LogP contribution >= 0.6 is 0 Å². The standard InChI is InChI=1S/C11H15F2NO/c1-7(15-3)11(14-2)9-5-4-8(12)6-10(9)13/h4-7,11,14H,1-3H3. The number of ether oxygens (including phenoxy) is 1. The number of benzene rings is 1. The minimum Gasteiger partial charge on any atom is -0.380 e. The van der Waals surface area contributed by atoms with Crippen molar-refractivity contribution in [1.82, 2.24) is 5.32 Å². The molecule has 2 atom stereocenters. The second-order valence-corrected chi connectivity index (χ2v) is 3.37. The maximum absolute atomic E-state index is 13.4. The van der Waals surface area contributed by atoms with Gasteiger partial charge in [0.05, 0.1) is 12.1 Å². The number of likely N-dealkylation sites (N-methyl/N-ethyl adjacent to an activating group) is 1. The van der Waals surface area contributed by atoms with E-state index >= 15 is 0 Å². The highest BCUT2D eigenvalue weighted by Gasteiger charge is 2.20. The van der Waals surface area contributed by atoms with Gasteiger partial charge in [-0.25, -0.2) is 8.78 Å². The van der Waals surface area contributed by atoms with Crippen molar-refractivity contribution in [3.05, 3.63) is 35.4 Å². The summed E-state index contributed by atoms with van der Waals surface area (Å²) in [6.45, 7) is 1.82. The Hall–Kier alpha value is -1.00. The summed E-state index contributed by atoms with van der Waals surface area (Å²) < 4.78 is 31.3. The fourth-order valence-electron chi connectivity index (χ4n) is 1.53. The van der Waals surface area contributed by atoms with Crippen LogP contribution in [-0.2, 0) is 4.74 Å². The fourth-order valence-corrected chi connectivity index (χ4v) is 1.53. The molecule has 0 amide bonds. The third kappa shape index (κ3) is 2.73. The van der Waals surface area contributed by atoms with Gasteiger partial charge in [-0.05, 0) is 20.0 Å². The average molecular weight is 215 g/mol. The molecule has 0 aliphatic heterocycles. The lowest BCUT2D eigenvalue weighted by Gasteiger charge is -2.23. The van der Waals surface area contributed by atoms with Gasteiger partial charge in [-0.15, -0.1) is 0 Å². The van der Waals surface area contributed by atoms with Crippen molar-refractivity contribution in [1.29, 1.82) is 0 Å². The highest BCUT2D eigenvalue weighted by molar-refractivity contribution is 5.23. The highest BCUT2D eigenvalue weighted by Crippen LogP contribution is 2.22. The summed E-state index contributed by atoms with van der Waals surface area (Å²) in [6.07, 6.45) is -0.185. The van der Waals surface area contributed by atoms with Crippen LogP contribution in [0.5, 0.6) is 0 Å². The van der Waals surface area contributed by atoms with E-state index in [-0.39, 0.29) is 12.1 Å². The Bertz CT molecular complexity index is 330. The summed E-state index contributed by atoms with van der Waals surface area (Å²) in [7, 11) is 3.26. The van der Waals surface area contributed by atoms with E-state index in [1.165, 1.54) is 12.1 Å². The van der Waals surface area contributed by atoms with Gasteiger partial charge in [-0.1, -0.05) is 6.07 Å². The number of hydrogen-bond acceptors (Lipinski definition) is 2. The molecule has 0 aliphatic rings. The van der Waals surface area contributed by atoms with E-state index in [9.17, 15) is 8.78 Å². The summed E-state index contributed by atoms with van der Waals surface area (Å²) in [5.74, 6) is -1.13. The van der Waals surface area contributed by atoms with Crippen LogP contribution in [0, 0.1) is 11.6 Å². The molecular weight excluding hydrogens is 200 g/mol. The van der Waals surface area contributed by atoms with Crippen LogP contribution in [0.3, 0.4) is 0 Å². The summed E-state index contributed by atoms with van der Waals surface area (Å²) in [5.41, 5.74) is 0.410. The van der Waals surface area contributed by atoms with Crippen LogP contribution in [0.25, 0.3) is 0 Å². The minimum atomic E-state index is -0.573. The Morgan fingerprint density at radius 2 is 2.00 bits per heavy atom. The number of hydrogen-bond donors (Lipinski definition) is 1. The molecule has 84 valence electrons. The van der Waals surface area contributed by atoms with Gasteiger partial charge >= 0.3 is 0 Å². The summed E-state index contributed by atoms with van der Waals surface area (Å²) in [6, 6.07) is 3.27. The molecule has 1 N–H and O–H groups in total. The first-order chi connectivity index (χ1) is 7.10. The molecule has 0 aliphatic carbocycles. The minimum absolute atomic E-state index is 0.185. The van der Waals surface area contributed by atoms with Crippen LogP contribution in [0.2, 0.25) is 0 Å². The number of methoxy groups -OCH3 is 1. The van der Waals surface area contributed by atoms with Crippen molar-refractivity contribution < 1.29 is 13.5 Å². The molecule has 0 radical (unpaired) electrons. The molecule has 0 heterocycles. The molecule has 1 aromatic rings. The predicted octanol–water partition coefficient (Wildman–Crippen LogP) is 2.26. The molecule has 0 saturated heterocycles. The molecule has 2 unspecified atom stereocenters. The Labute approximate surface area is 88.3 Å². The van der Waals surface area contributed by atoms with E-state index in [0.29, 0.717) is 5.56 Å². The van der Waals surface area contributed by atoms with E-state index in [2.05, 4.69) is 5.32 Å². The summed E-state index contributed by atoms with van der Waals surface area (Å²) in [5, 5.41) is 2.94. The van der Waals surface area contributed by atoms with Gasteiger partial charge in [-0.3, -0.25) is 0 Å². The number of nitrogens with one attached hydrogen (secondary N) is 1. The van der Waals surface area contributed by atoms with Crippen LogP contribution in [0.15, 0.2) is 18.2 Å². The van der Waals surface area contributed by atoms with Crippen molar-refractivity contribution in [2.45, 2.75) is 19.1 Å². The van der Waals surface area contributed by atoms with Crippen molar-refractivity contribution in [2.75, 3.05) is 14.2 Å². The molecule has 1 aromatic carbocycles. The molecule has 0 bridgehead atoms. The van der Waals surface area contributed by atoms with Gasteiger partial charge in [0.2, 0.25) is 0 Å². The molecule has 4 heteroatoms. The second kappa shape index (κ2) is 5.19. The Morgan fingerprint density at radius 1 is 1.33 bits per heavy atom. The van der Waals surface area contributed by atoms with Crippen LogP contribution < -0.4 is 5.32 Å². The first-order valence-corrected chi connectivity index (χ1v) is 4.75. The van der Waals surface area contributed by atoms with Gasteiger partial charge in [0.15, 0.2) is 0 Å². The zero-order valence-corrected chi connectivity index (χ0v) is 9.05. The van der Waals surface area contributed by atoms with E-state index in [1.54, 1.807) is 14.2 Å². The Kier molecular flexibility index (Phi) is 4.17. The molecule has 0 aromatic heterocycles. The van der Waals surface area contributed by atoms with Gasteiger partial charge in [0.25, 0.3) is 0 Å². The molecule has 2 nitrogen and oxygen atoms in total.